The van der Waals surface area contributed by atoms with Gasteiger partial charge in [0.15, 0.2) is 0 Å². The summed E-state index contributed by atoms with van der Waals surface area (Å²) < 4.78 is 0. The molecule has 2 N–H and O–H groups in total. The van der Waals surface area contributed by atoms with E-state index in [9.17, 15) is 5.11 Å². The topological polar surface area (TPSA) is 32.3 Å². The highest BCUT2D eigenvalue weighted by atomic mass is 16.3. The van der Waals surface area contributed by atoms with Crippen LogP contribution in [0.1, 0.15) is 24.0 Å². The lowest BCUT2D eigenvalue weighted by Gasteiger charge is -2.33. The molecule has 1 aromatic carbocycles. The first-order valence-corrected chi connectivity index (χ1v) is 5.71. The van der Waals surface area contributed by atoms with E-state index in [1.807, 2.05) is 24.3 Å². The molecule has 0 unspecified atom stereocenters. The summed E-state index contributed by atoms with van der Waals surface area (Å²) in [6.07, 6.45) is 7.71. The number of rotatable bonds is 2. The molecule has 1 fully saturated rings. The van der Waals surface area contributed by atoms with Crippen molar-refractivity contribution >= 4 is 0 Å². The lowest BCUT2D eigenvalue weighted by Crippen LogP contribution is -2.43. The molecule has 2 rings (SSSR count). The van der Waals surface area contributed by atoms with Crippen molar-refractivity contribution < 1.29 is 5.11 Å². The van der Waals surface area contributed by atoms with Gasteiger partial charge in [0.25, 0.3) is 0 Å². The normalized spacial score (nSPS) is 19.0. The largest absolute Gasteiger partial charge is 0.389 e. The van der Waals surface area contributed by atoms with Crippen molar-refractivity contribution in [1.29, 1.82) is 0 Å². The van der Waals surface area contributed by atoms with E-state index in [0.29, 0.717) is 6.42 Å². The summed E-state index contributed by atoms with van der Waals surface area (Å²) in [7, 11) is 0. The number of hydrogen-bond acceptors (Lipinski definition) is 2. The van der Waals surface area contributed by atoms with Crippen LogP contribution in [-0.2, 0) is 6.42 Å². The van der Waals surface area contributed by atoms with Crippen molar-refractivity contribution in [2.45, 2.75) is 24.9 Å². The number of hydrogen-bond donors (Lipinski definition) is 2. The molecule has 1 aromatic rings. The molecule has 2 nitrogen and oxygen atoms in total. The van der Waals surface area contributed by atoms with E-state index in [2.05, 4.69) is 11.2 Å². The zero-order chi connectivity index (χ0) is 11.4. The van der Waals surface area contributed by atoms with Gasteiger partial charge in [-0.2, -0.15) is 0 Å². The highest BCUT2D eigenvalue weighted by Crippen LogP contribution is 2.24. The first kappa shape index (κ1) is 11.2. The molecular weight excluding hydrogens is 198 g/mol. The Hall–Kier alpha value is -1.30. The van der Waals surface area contributed by atoms with Crippen LogP contribution in [-0.4, -0.2) is 23.8 Å². The third-order valence-electron chi connectivity index (χ3n) is 3.23. The van der Waals surface area contributed by atoms with Crippen LogP contribution in [0.5, 0.6) is 0 Å². The van der Waals surface area contributed by atoms with Crippen LogP contribution in [0.15, 0.2) is 24.3 Å². The summed E-state index contributed by atoms with van der Waals surface area (Å²) >= 11 is 0. The molecule has 1 saturated heterocycles. The molecule has 1 aliphatic heterocycles. The molecule has 0 saturated carbocycles. The van der Waals surface area contributed by atoms with Crippen LogP contribution in [0, 0.1) is 12.3 Å². The summed E-state index contributed by atoms with van der Waals surface area (Å²) in [6, 6.07) is 7.85. The number of benzene rings is 1. The van der Waals surface area contributed by atoms with Gasteiger partial charge in [0.1, 0.15) is 0 Å². The van der Waals surface area contributed by atoms with E-state index in [4.69, 9.17) is 6.42 Å². The highest BCUT2D eigenvalue weighted by molar-refractivity contribution is 5.40. The minimum atomic E-state index is -0.585. The number of terminal acetylenes is 1. The van der Waals surface area contributed by atoms with Crippen LogP contribution >= 0.6 is 0 Å². The summed E-state index contributed by atoms with van der Waals surface area (Å²) in [5.74, 6) is 2.68. The van der Waals surface area contributed by atoms with Gasteiger partial charge < -0.3 is 10.4 Å². The lowest BCUT2D eigenvalue weighted by molar-refractivity contribution is 0.0108. The molecular formula is C14H17NO. The Morgan fingerprint density at radius 1 is 1.31 bits per heavy atom. The number of aliphatic hydroxyl groups is 1. The van der Waals surface area contributed by atoms with Crippen molar-refractivity contribution in [3.8, 4) is 12.3 Å². The smallest absolute Gasteiger partial charge is 0.0712 e. The second-order valence-electron chi connectivity index (χ2n) is 4.45. The standard InChI is InChI=1S/C14H17NO/c1-2-12-5-3-4-6-13(12)11-14(16)7-9-15-10-8-14/h1,3-6,15-16H,7-11H2. The van der Waals surface area contributed by atoms with Crippen molar-refractivity contribution in [3.63, 3.8) is 0 Å². The highest BCUT2D eigenvalue weighted by Gasteiger charge is 2.29. The van der Waals surface area contributed by atoms with Crippen LogP contribution in [0.4, 0.5) is 0 Å². The van der Waals surface area contributed by atoms with Gasteiger partial charge in [-0.15, -0.1) is 6.42 Å². The van der Waals surface area contributed by atoms with Gasteiger partial charge in [0.05, 0.1) is 5.60 Å². The maximum absolute atomic E-state index is 10.4. The molecule has 1 heterocycles. The van der Waals surface area contributed by atoms with Gasteiger partial charge in [-0.3, -0.25) is 0 Å². The minimum absolute atomic E-state index is 0.585. The average Bonchev–Trinajstić information content (AvgIpc) is 2.30. The zero-order valence-corrected chi connectivity index (χ0v) is 9.37. The van der Waals surface area contributed by atoms with Crippen molar-refractivity contribution in [2.75, 3.05) is 13.1 Å². The van der Waals surface area contributed by atoms with Crippen LogP contribution in [0.3, 0.4) is 0 Å². The SMILES string of the molecule is C#Cc1ccccc1CC1(O)CCNCC1. The Morgan fingerprint density at radius 2 is 2.00 bits per heavy atom. The van der Waals surface area contributed by atoms with Crippen LogP contribution in [0.25, 0.3) is 0 Å². The molecule has 0 atom stereocenters. The van der Waals surface area contributed by atoms with Gasteiger partial charge in [0, 0.05) is 12.0 Å². The first-order chi connectivity index (χ1) is 7.73. The predicted octanol–water partition coefficient (Wildman–Crippen LogP) is 1.32. The fourth-order valence-corrected chi connectivity index (χ4v) is 2.24. The van der Waals surface area contributed by atoms with E-state index in [0.717, 1.165) is 37.1 Å². The third kappa shape index (κ3) is 2.44. The second-order valence-corrected chi connectivity index (χ2v) is 4.45. The maximum Gasteiger partial charge on any atom is 0.0712 e. The van der Waals surface area contributed by atoms with Crippen molar-refractivity contribution in [3.05, 3.63) is 35.4 Å². The maximum atomic E-state index is 10.4. The summed E-state index contributed by atoms with van der Waals surface area (Å²) in [5.41, 5.74) is 1.39. The van der Waals surface area contributed by atoms with E-state index in [1.54, 1.807) is 0 Å². The Kier molecular flexibility index (Phi) is 3.28. The van der Waals surface area contributed by atoms with Crippen LogP contribution in [0.2, 0.25) is 0 Å². The Balaban J connectivity index is 2.16. The Morgan fingerprint density at radius 3 is 2.69 bits per heavy atom. The molecule has 0 radical (unpaired) electrons. The quantitative estimate of drug-likeness (QED) is 0.729. The molecule has 0 bridgehead atoms. The monoisotopic (exact) mass is 215 g/mol. The minimum Gasteiger partial charge on any atom is -0.389 e. The van der Waals surface area contributed by atoms with Gasteiger partial charge >= 0.3 is 0 Å². The van der Waals surface area contributed by atoms with E-state index in [-0.39, 0.29) is 0 Å². The molecule has 0 aromatic heterocycles. The van der Waals surface area contributed by atoms with Crippen LogP contribution < -0.4 is 5.32 Å². The van der Waals surface area contributed by atoms with E-state index < -0.39 is 5.60 Å². The molecule has 2 heteroatoms. The van der Waals surface area contributed by atoms with Gasteiger partial charge in [0.2, 0.25) is 0 Å². The average molecular weight is 215 g/mol. The fourth-order valence-electron chi connectivity index (χ4n) is 2.24. The predicted molar refractivity (Wildman–Crippen MR) is 65.1 cm³/mol. The molecule has 84 valence electrons. The Labute approximate surface area is 96.7 Å². The van der Waals surface area contributed by atoms with E-state index in [1.165, 1.54) is 0 Å². The lowest BCUT2D eigenvalue weighted by atomic mass is 9.85. The molecule has 0 amide bonds. The number of nitrogens with one attached hydrogen (secondary N) is 1. The van der Waals surface area contributed by atoms with Crippen molar-refractivity contribution in [1.82, 2.24) is 5.32 Å². The molecule has 0 aliphatic carbocycles. The molecule has 1 aliphatic rings. The van der Waals surface area contributed by atoms with Crippen molar-refractivity contribution in [2.24, 2.45) is 0 Å². The van der Waals surface area contributed by atoms with Gasteiger partial charge in [-0.25, -0.2) is 0 Å². The zero-order valence-electron chi connectivity index (χ0n) is 9.37. The summed E-state index contributed by atoms with van der Waals surface area (Å²) in [4.78, 5) is 0. The fraction of sp³-hybridized carbons (Fsp3) is 0.429. The first-order valence-electron chi connectivity index (χ1n) is 5.71. The van der Waals surface area contributed by atoms with E-state index >= 15 is 0 Å². The second kappa shape index (κ2) is 4.69. The third-order valence-corrected chi connectivity index (χ3v) is 3.23. The summed E-state index contributed by atoms with van der Waals surface area (Å²) in [5, 5.41) is 13.7. The van der Waals surface area contributed by atoms with Gasteiger partial charge in [-0.1, -0.05) is 24.1 Å². The molecule has 16 heavy (non-hydrogen) atoms. The summed E-state index contributed by atoms with van der Waals surface area (Å²) in [6.45, 7) is 1.77. The Bertz CT molecular complexity index is 399. The van der Waals surface area contributed by atoms with Gasteiger partial charge in [-0.05, 0) is 37.6 Å². The molecule has 0 spiro atoms. The number of piperidine rings is 1.